The zero-order valence-corrected chi connectivity index (χ0v) is 16.8. The number of halogens is 4. The number of hydrogen-bond donors (Lipinski definition) is 1. The Morgan fingerprint density at radius 1 is 1.13 bits per heavy atom. The second-order valence-electron chi connectivity index (χ2n) is 6.64. The Morgan fingerprint density at radius 2 is 1.87 bits per heavy atom. The Balaban J connectivity index is 1.76. The van der Waals surface area contributed by atoms with Crippen LogP contribution in [0.4, 0.5) is 30.4 Å². The lowest BCUT2D eigenvalue weighted by atomic mass is 10.2. The number of nitrogens with zero attached hydrogens (tertiary/aromatic N) is 4. The van der Waals surface area contributed by atoms with Crippen molar-refractivity contribution in [1.82, 2.24) is 14.4 Å². The van der Waals surface area contributed by atoms with E-state index in [2.05, 4.69) is 15.3 Å². The normalized spacial score (nSPS) is 11.5. The maximum Gasteiger partial charge on any atom is 0.416 e. The summed E-state index contributed by atoms with van der Waals surface area (Å²) in [5.74, 6) is -0.119. The Bertz CT molecular complexity index is 1250. The van der Waals surface area contributed by atoms with Crippen molar-refractivity contribution < 1.29 is 18.0 Å². The maximum atomic E-state index is 13.3. The molecule has 1 amide bonds. The number of nitrogens with one attached hydrogen (secondary N) is 1. The number of anilines is 3. The van der Waals surface area contributed by atoms with Crippen LogP contribution in [0.15, 0.2) is 67.0 Å². The average Bonchev–Trinajstić information content (AvgIpc) is 3.10. The van der Waals surface area contributed by atoms with E-state index in [9.17, 15) is 18.0 Å². The van der Waals surface area contributed by atoms with Gasteiger partial charge in [0.25, 0.3) is 5.91 Å². The standard InChI is InChI=1S/C21H15ClF3N5O/c1-29(16-8-6-14(22)7-9-16)19(31)17-18(28-20-26-10-3-11-30(17)20)27-15-5-2-4-13(12-15)21(23,24)25/h2-12,27H,1H3. The molecule has 158 valence electrons. The van der Waals surface area contributed by atoms with Crippen LogP contribution >= 0.6 is 11.6 Å². The van der Waals surface area contributed by atoms with E-state index >= 15 is 0 Å². The van der Waals surface area contributed by atoms with Gasteiger partial charge in [-0.15, -0.1) is 0 Å². The van der Waals surface area contributed by atoms with E-state index < -0.39 is 17.6 Å². The minimum atomic E-state index is -4.49. The van der Waals surface area contributed by atoms with Crippen molar-refractivity contribution in [2.45, 2.75) is 6.18 Å². The van der Waals surface area contributed by atoms with Gasteiger partial charge in [0, 0.05) is 35.8 Å². The molecule has 6 nitrogen and oxygen atoms in total. The molecule has 4 aromatic rings. The minimum Gasteiger partial charge on any atom is -0.338 e. The van der Waals surface area contributed by atoms with Crippen LogP contribution in [0, 0.1) is 0 Å². The Morgan fingerprint density at radius 3 is 2.58 bits per heavy atom. The fourth-order valence-corrected chi connectivity index (χ4v) is 3.16. The molecule has 0 spiro atoms. The third-order valence-electron chi connectivity index (χ3n) is 4.58. The molecule has 0 radical (unpaired) electrons. The largest absolute Gasteiger partial charge is 0.416 e. The first-order valence-electron chi connectivity index (χ1n) is 9.05. The first-order chi connectivity index (χ1) is 14.7. The minimum absolute atomic E-state index is 0.0869. The van der Waals surface area contributed by atoms with Crippen molar-refractivity contribution >= 4 is 40.5 Å². The third kappa shape index (κ3) is 4.17. The molecule has 1 N–H and O–H groups in total. The average molecular weight is 446 g/mol. The molecule has 0 unspecified atom stereocenters. The fourth-order valence-electron chi connectivity index (χ4n) is 3.03. The van der Waals surface area contributed by atoms with Gasteiger partial charge in [0.15, 0.2) is 11.5 Å². The molecule has 2 heterocycles. The van der Waals surface area contributed by atoms with Crippen molar-refractivity contribution in [2.24, 2.45) is 0 Å². The number of hydrogen-bond acceptors (Lipinski definition) is 4. The van der Waals surface area contributed by atoms with Gasteiger partial charge in [0.2, 0.25) is 5.78 Å². The Hall–Kier alpha value is -3.59. The van der Waals surface area contributed by atoms with E-state index in [1.807, 2.05) is 0 Å². The van der Waals surface area contributed by atoms with E-state index in [4.69, 9.17) is 11.6 Å². The van der Waals surface area contributed by atoms with Gasteiger partial charge >= 0.3 is 6.18 Å². The second kappa shape index (κ2) is 7.92. The number of alkyl halides is 3. The summed E-state index contributed by atoms with van der Waals surface area (Å²) >= 11 is 5.92. The Kier molecular flexibility index (Phi) is 5.28. The molecule has 31 heavy (non-hydrogen) atoms. The molecule has 0 fully saturated rings. The summed E-state index contributed by atoms with van der Waals surface area (Å²) in [6.07, 6.45) is -1.38. The quantitative estimate of drug-likeness (QED) is 0.455. The predicted octanol–water partition coefficient (Wildman–Crippen LogP) is 5.42. The van der Waals surface area contributed by atoms with Crippen LogP contribution in [0.5, 0.6) is 0 Å². The lowest BCUT2D eigenvalue weighted by Crippen LogP contribution is -2.28. The molecule has 10 heteroatoms. The van der Waals surface area contributed by atoms with Crippen molar-refractivity contribution in [2.75, 3.05) is 17.3 Å². The molecular weight excluding hydrogens is 431 g/mol. The monoisotopic (exact) mass is 445 g/mol. The number of carbonyl (C=O) groups is 1. The van der Waals surface area contributed by atoms with E-state index in [0.29, 0.717) is 10.7 Å². The molecule has 0 aliphatic rings. The van der Waals surface area contributed by atoms with Crippen molar-refractivity contribution in [3.8, 4) is 0 Å². The molecule has 0 saturated heterocycles. The molecule has 2 aromatic heterocycles. The molecule has 0 atom stereocenters. The van der Waals surface area contributed by atoms with E-state index in [-0.39, 0.29) is 23.0 Å². The van der Waals surface area contributed by atoms with Gasteiger partial charge in [-0.1, -0.05) is 17.7 Å². The van der Waals surface area contributed by atoms with Crippen LogP contribution < -0.4 is 10.2 Å². The van der Waals surface area contributed by atoms with E-state index in [0.717, 1.165) is 12.1 Å². The lowest BCUT2D eigenvalue weighted by Gasteiger charge is -2.18. The summed E-state index contributed by atoms with van der Waals surface area (Å²) in [4.78, 5) is 23.2. The summed E-state index contributed by atoms with van der Waals surface area (Å²) in [5, 5.41) is 3.35. The summed E-state index contributed by atoms with van der Waals surface area (Å²) in [7, 11) is 1.58. The van der Waals surface area contributed by atoms with Gasteiger partial charge in [-0.05, 0) is 48.5 Å². The van der Waals surface area contributed by atoms with Gasteiger partial charge in [-0.3, -0.25) is 9.20 Å². The van der Waals surface area contributed by atoms with Crippen LogP contribution in [0.2, 0.25) is 5.02 Å². The molecule has 0 bridgehead atoms. The van der Waals surface area contributed by atoms with Gasteiger partial charge in [-0.2, -0.15) is 18.2 Å². The van der Waals surface area contributed by atoms with Crippen molar-refractivity contribution in [3.63, 3.8) is 0 Å². The van der Waals surface area contributed by atoms with Gasteiger partial charge in [-0.25, -0.2) is 4.98 Å². The highest BCUT2D eigenvalue weighted by Gasteiger charge is 2.31. The molecule has 0 aliphatic heterocycles. The lowest BCUT2D eigenvalue weighted by molar-refractivity contribution is -0.137. The highest BCUT2D eigenvalue weighted by molar-refractivity contribution is 6.30. The number of fused-ring (bicyclic) bond motifs is 1. The molecule has 0 aliphatic carbocycles. The predicted molar refractivity (Wildman–Crippen MR) is 112 cm³/mol. The number of aromatic nitrogens is 3. The van der Waals surface area contributed by atoms with Crippen LogP contribution in [-0.2, 0) is 6.18 Å². The number of rotatable bonds is 4. The summed E-state index contributed by atoms with van der Waals surface area (Å²) in [6, 6.07) is 13.0. The second-order valence-corrected chi connectivity index (χ2v) is 7.08. The van der Waals surface area contributed by atoms with Gasteiger partial charge in [0.1, 0.15) is 0 Å². The third-order valence-corrected chi connectivity index (χ3v) is 4.83. The van der Waals surface area contributed by atoms with Gasteiger partial charge < -0.3 is 10.2 Å². The summed E-state index contributed by atoms with van der Waals surface area (Å²) in [6.45, 7) is 0. The summed E-state index contributed by atoms with van der Waals surface area (Å²) in [5.41, 5.74) is 0.0307. The van der Waals surface area contributed by atoms with Crippen LogP contribution in [0.1, 0.15) is 16.1 Å². The van der Waals surface area contributed by atoms with Crippen LogP contribution in [-0.4, -0.2) is 27.3 Å². The molecular formula is C21H15ClF3N5O. The van der Waals surface area contributed by atoms with Crippen molar-refractivity contribution in [3.05, 3.63) is 83.3 Å². The number of imidazole rings is 1. The number of carbonyl (C=O) groups excluding carboxylic acids is 1. The first-order valence-corrected chi connectivity index (χ1v) is 9.43. The number of amides is 1. The molecule has 0 saturated carbocycles. The van der Waals surface area contributed by atoms with E-state index in [1.165, 1.54) is 27.6 Å². The maximum absolute atomic E-state index is 13.3. The molecule has 4 rings (SSSR count). The Labute approximate surface area is 179 Å². The highest BCUT2D eigenvalue weighted by Crippen LogP contribution is 2.32. The highest BCUT2D eigenvalue weighted by atomic mass is 35.5. The zero-order valence-electron chi connectivity index (χ0n) is 16.1. The fraction of sp³-hybridized carbons (Fsp3) is 0.0952. The summed E-state index contributed by atoms with van der Waals surface area (Å²) < 4.78 is 40.7. The van der Waals surface area contributed by atoms with Crippen LogP contribution in [0.25, 0.3) is 5.78 Å². The smallest absolute Gasteiger partial charge is 0.338 e. The zero-order chi connectivity index (χ0) is 22.2. The molecule has 2 aromatic carbocycles. The van der Waals surface area contributed by atoms with Gasteiger partial charge in [0.05, 0.1) is 5.56 Å². The van der Waals surface area contributed by atoms with Crippen LogP contribution in [0.3, 0.4) is 0 Å². The number of benzene rings is 2. The topological polar surface area (TPSA) is 62.5 Å². The van der Waals surface area contributed by atoms with Crippen molar-refractivity contribution in [1.29, 1.82) is 0 Å². The first kappa shape index (κ1) is 20.7. The van der Waals surface area contributed by atoms with E-state index in [1.54, 1.807) is 43.6 Å². The SMILES string of the molecule is CN(C(=O)c1c(Nc2cccc(C(F)(F)F)c2)nc2ncccn12)c1ccc(Cl)cc1.